The van der Waals surface area contributed by atoms with E-state index in [1.807, 2.05) is 43.3 Å². The molecular weight excluding hydrogens is 282 g/mol. The molecule has 2 heterocycles. The Morgan fingerprint density at radius 2 is 2.05 bits per heavy atom. The van der Waals surface area contributed by atoms with E-state index in [0.29, 0.717) is 5.69 Å². The number of hydrogen-bond donors (Lipinski definition) is 1. The molecule has 2 N–H and O–H groups in total. The van der Waals surface area contributed by atoms with Gasteiger partial charge in [0.1, 0.15) is 10.7 Å². The van der Waals surface area contributed by atoms with Crippen LogP contribution in [0.1, 0.15) is 34.2 Å². The van der Waals surface area contributed by atoms with Crippen LogP contribution >= 0.6 is 11.3 Å². The maximum Gasteiger partial charge on any atom is 0.187 e. The Balaban J connectivity index is 1.81. The minimum Gasteiger partial charge on any atom is -0.322 e. The van der Waals surface area contributed by atoms with Gasteiger partial charge in [-0.15, -0.1) is 11.3 Å². The van der Waals surface area contributed by atoms with Crippen molar-refractivity contribution in [2.75, 3.05) is 0 Å². The van der Waals surface area contributed by atoms with Crippen LogP contribution in [0.3, 0.4) is 0 Å². The molecule has 5 heteroatoms. The maximum absolute atomic E-state index is 12.2. The largest absolute Gasteiger partial charge is 0.322 e. The number of para-hydroxylation sites is 1. The molecule has 2 aromatic heterocycles. The molecule has 0 fully saturated rings. The van der Waals surface area contributed by atoms with Crippen LogP contribution in [0.25, 0.3) is 10.9 Å². The lowest BCUT2D eigenvalue weighted by molar-refractivity contribution is 0.0988. The molecule has 0 radical (unpaired) electrons. The summed E-state index contributed by atoms with van der Waals surface area (Å²) in [4.78, 5) is 21.0. The number of pyridine rings is 1. The number of benzene rings is 1. The van der Waals surface area contributed by atoms with Crippen LogP contribution < -0.4 is 5.73 Å². The minimum absolute atomic E-state index is 0.0269. The molecule has 1 aromatic carbocycles. The first-order chi connectivity index (χ1) is 10.1. The van der Waals surface area contributed by atoms with E-state index in [4.69, 9.17) is 5.73 Å². The molecule has 3 rings (SSSR count). The van der Waals surface area contributed by atoms with E-state index in [9.17, 15) is 4.79 Å². The minimum atomic E-state index is -0.143. The Labute approximate surface area is 126 Å². The first kappa shape index (κ1) is 13.9. The molecule has 0 aliphatic carbocycles. The Bertz CT molecular complexity index is 795. The average molecular weight is 297 g/mol. The summed E-state index contributed by atoms with van der Waals surface area (Å²) in [5, 5.41) is 3.62. The molecule has 0 aliphatic rings. The smallest absolute Gasteiger partial charge is 0.187 e. The van der Waals surface area contributed by atoms with E-state index in [1.54, 1.807) is 5.38 Å². The van der Waals surface area contributed by atoms with Gasteiger partial charge in [-0.3, -0.25) is 9.78 Å². The topological polar surface area (TPSA) is 68.9 Å². The van der Waals surface area contributed by atoms with Crippen LogP contribution in [-0.4, -0.2) is 15.8 Å². The zero-order valence-electron chi connectivity index (χ0n) is 11.6. The Hall–Kier alpha value is -2.11. The van der Waals surface area contributed by atoms with Crippen molar-refractivity contribution in [3.8, 4) is 0 Å². The second-order valence-corrected chi connectivity index (χ2v) is 5.84. The summed E-state index contributed by atoms with van der Waals surface area (Å²) in [5.41, 5.74) is 7.90. The van der Waals surface area contributed by atoms with Crippen LogP contribution in [0.15, 0.2) is 41.8 Å². The monoisotopic (exact) mass is 297 g/mol. The van der Waals surface area contributed by atoms with Crippen LogP contribution in [0.2, 0.25) is 0 Å². The SMILES string of the molecule is CC(N)c1nc(C(=O)Cc2ccc3ccccc3n2)cs1. The summed E-state index contributed by atoms with van der Waals surface area (Å²) in [6, 6.07) is 11.6. The summed E-state index contributed by atoms with van der Waals surface area (Å²) < 4.78 is 0. The Morgan fingerprint density at radius 3 is 2.81 bits per heavy atom. The van der Waals surface area contributed by atoms with E-state index >= 15 is 0 Å². The summed E-state index contributed by atoms with van der Waals surface area (Å²) in [6.45, 7) is 1.86. The molecule has 0 bridgehead atoms. The van der Waals surface area contributed by atoms with Crippen LogP contribution in [0.4, 0.5) is 0 Å². The highest BCUT2D eigenvalue weighted by atomic mass is 32.1. The highest BCUT2D eigenvalue weighted by Gasteiger charge is 2.14. The number of nitrogens with zero attached hydrogens (tertiary/aromatic N) is 2. The summed E-state index contributed by atoms with van der Waals surface area (Å²) in [7, 11) is 0. The Morgan fingerprint density at radius 1 is 1.24 bits per heavy atom. The van der Waals surface area contributed by atoms with Crippen molar-refractivity contribution in [3.05, 3.63) is 58.2 Å². The predicted molar refractivity (Wildman–Crippen MR) is 84.5 cm³/mol. The maximum atomic E-state index is 12.2. The van der Waals surface area contributed by atoms with Crippen LogP contribution in [-0.2, 0) is 6.42 Å². The van der Waals surface area contributed by atoms with E-state index < -0.39 is 0 Å². The number of aromatic nitrogens is 2. The molecule has 0 amide bonds. The second kappa shape index (κ2) is 5.71. The quantitative estimate of drug-likeness (QED) is 0.751. The number of nitrogens with two attached hydrogens (primary N) is 1. The van der Waals surface area contributed by atoms with Crippen LogP contribution in [0.5, 0.6) is 0 Å². The lowest BCUT2D eigenvalue weighted by atomic mass is 10.1. The third-order valence-electron chi connectivity index (χ3n) is 3.19. The average Bonchev–Trinajstić information content (AvgIpc) is 2.97. The van der Waals surface area contributed by atoms with Gasteiger partial charge in [-0.1, -0.05) is 24.3 Å². The van der Waals surface area contributed by atoms with Gasteiger partial charge in [0.05, 0.1) is 18.0 Å². The van der Waals surface area contributed by atoms with Crippen molar-refractivity contribution in [2.24, 2.45) is 5.73 Å². The predicted octanol–water partition coefficient (Wildman–Crippen LogP) is 3.14. The van der Waals surface area contributed by atoms with E-state index in [0.717, 1.165) is 21.6 Å². The second-order valence-electron chi connectivity index (χ2n) is 4.95. The van der Waals surface area contributed by atoms with E-state index in [-0.39, 0.29) is 18.2 Å². The molecule has 21 heavy (non-hydrogen) atoms. The van der Waals surface area contributed by atoms with Gasteiger partial charge in [0, 0.05) is 16.5 Å². The van der Waals surface area contributed by atoms with Crippen LogP contribution in [0, 0.1) is 0 Å². The lowest BCUT2D eigenvalue weighted by Gasteiger charge is -2.02. The molecule has 1 atom stereocenters. The number of hydrogen-bond acceptors (Lipinski definition) is 5. The lowest BCUT2D eigenvalue weighted by Crippen LogP contribution is -2.08. The number of Topliss-reactive ketones (excluding diaryl/α,β-unsaturated/α-hetero) is 1. The molecule has 1 unspecified atom stereocenters. The molecule has 4 nitrogen and oxygen atoms in total. The molecule has 106 valence electrons. The van der Waals surface area contributed by atoms with Crippen molar-refractivity contribution in [1.82, 2.24) is 9.97 Å². The molecular formula is C16H15N3OS. The van der Waals surface area contributed by atoms with Gasteiger partial charge >= 0.3 is 0 Å². The molecule has 0 saturated heterocycles. The number of rotatable bonds is 4. The highest BCUT2D eigenvalue weighted by molar-refractivity contribution is 7.09. The number of ketones is 1. The fourth-order valence-corrected chi connectivity index (χ4v) is 2.87. The summed E-state index contributed by atoms with van der Waals surface area (Å²) in [6.07, 6.45) is 0.257. The van der Waals surface area contributed by atoms with Gasteiger partial charge in [-0.05, 0) is 19.1 Å². The number of carbonyl (C=O) groups excluding carboxylic acids is 1. The van der Waals surface area contributed by atoms with E-state index in [2.05, 4.69) is 9.97 Å². The zero-order valence-corrected chi connectivity index (χ0v) is 12.4. The van der Waals surface area contributed by atoms with Gasteiger partial charge < -0.3 is 5.73 Å². The van der Waals surface area contributed by atoms with Crippen molar-refractivity contribution in [3.63, 3.8) is 0 Å². The molecule has 0 aliphatic heterocycles. The summed E-state index contributed by atoms with van der Waals surface area (Å²) >= 11 is 1.42. The van der Waals surface area contributed by atoms with Gasteiger partial charge in [-0.25, -0.2) is 4.98 Å². The van der Waals surface area contributed by atoms with Gasteiger partial charge in [0.25, 0.3) is 0 Å². The number of fused-ring (bicyclic) bond motifs is 1. The summed E-state index contributed by atoms with van der Waals surface area (Å²) in [5.74, 6) is -0.0269. The van der Waals surface area contributed by atoms with E-state index in [1.165, 1.54) is 11.3 Å². The van der Waals surface area contributed by atoms with Crippen molar-refractivity contribution < 1.29 is 4.79 Å². The number of carbonyl (C=O) groups is 1. The van der Waals surface area contributed by atoms with Gasteiger partial charge in [-0.2, -0.15) is 0 Å². The fraction of sp³-hybridized carbons (Fsp3) is 0.188. The van der Waals surface area contributed by atoms with Gasteiger partial charge in [0.2, 0.25) is 0 Å². The Kier molecular flexibility index (Phi) is 3.77. The molecule has 0 saturated carbocycles. The normalized spacial score (nSPS) is 12.5. The first-order valence-electron chi connectivity index (χ1n) is 6.72. The fourth-order valence-electron chi connectivity index (χ4n) is 2.09. The third-order valence-corrected chi connectivity index (χ3v) is 4.24. The first-order valence-corrected chi connectivity index (χ1v) is 7.60. The van der Waals surface area contributed by atoms with Crippen molar-refractivity contribution in [2.45, 2.75) is 19.4 Å². The molecule has 0 spiro atoms. The highest BCUT2D eigenvalue weighted by Crippen LogP contribution is 2.18. The van der Waals surface area contributed by atoms with Crippen molar-refractivity contribution >= 4 is 28.0 Å². The standard InChI is InChI=1S/C16H15N3OS/c1-10(17)16-19-14(9-21-16)15(20)8-12-7-6-11-4-2-3-5-13(11)18-12/h2-7,9-10H,8,17H2,1H3. The number of thiazole rings is 1. The zero-order chi connectivity index (χ0) is 14.8. The van der Waals surface area contributed by atoms with Crippen molar-refractivity contribution in [1.29, 1.82) is 0 Å². The molecule has 3 aromatic rings. The van der Waals surface area contributed by atoms with Gasteiger partial charge in [0.15, 0.2) is 5.78 Å². The third kappa shape index (κ3) is 2.99.